The van der Waals surface area contributed by atoms with E-state index in [1.807, 2.05) is 13.8 Å². The number of nitrogens with zero attached hydrogens (tertiary/aromatic N) is 1. The molecule has 1 aliphatic carbocycles. The van der Waals surface area contributed by atoms with Crippen molar-refractivity contribution >= 4 is 26.0 Å². The summed E-state index contributed by atoms with van der Waals surface area (Å²) in [5.74, 6) is 0. The summed E-state index contributed by atoms with van der Waals surface area (Å²) in [6.07, 6.45) is 1.96. The van der Waals surface area contributed by atoms with Crippen LogP contribution in [-0.2, 0) is 10.0 Å². The molecule has 0 saturated heterocycles. The Labute approximate surface area is 111 Å². The van der Waals surface area contributed by atoms with Gasteiger partial charge in [-0.25, -0.2) is 8.42 Å². The molecular formula is C12H16BrNO2S. The largest absolute Gasteiger partial charge is 0.243 e. The molecule has 0 aromatic heterocycles. The normalized spacial score (nSPS) is 16.8. The first-order valence-corrected chi connectivity index (χ1v) is 7.95. The molecule has 17 heavy (non-hydrogen) atoms. The van der Waals surface area contributed by atoms with Crippen molar-refractivity contribution in [2.24, 2.45) is 0 Å². The van der Waals surface area contributed by atoms with Crippen LogP contribution < -0.4 is 0 Å². The maximum Gasteiger partial charge on any atom is 0.243 e. The molecule has 1 aliphatic rings. The van der Waals surface area contributed by atoms with Gasteiger partial charge in [-0.15, -0.1) is 0 Å². The lowest BCUT2D eigenvalue weighted by atomic mass is 10.4. The lowest BCUT2D eigenvalue weighted by Crippen LogP contribution is -2.38. The number of sulfonamides is 1. The lowest BCUT2D eigenvalue weighted by Gasteiger charge is -2.25. The van der Waals surface area contributed by atoms with Gasteiger partial charge in [-0.05, 0) is 51.0 Å². The smallest absolute Gasteiger partial charge is 0.207 e. The van der Waals surface area contributed by atoms with E-state index in [4.69, 9.17) is 0 Å². The van der Waals surface area contributed by atoms with Crippen molar-refractivity contribution < 1.29 is 8.42 Å². The zero-order valence-corrected chi connectivity index (χ0v) is 12.3. The van der Waals surface area contributed by atoms with Crippen molar-refractivity contribution in [3.63, 3.8) is 0 Å². The minimum atomic E-state index is -3.34. The summed E-state index contributed by atoms with van der Waals surface area (Å²) >= 11 is 3.31. The van der Waals surface area contributed by atoms with Gasteiger partial charge in [-0.3, -0.25) is 0 Å². The number of rotatable bonds is 4. The zero-order chi connectivity index (χ0) is 12.6. The van der Waals surface area contributed by atoms with Gasteiger partial charge in [0.1, 0.15) is 0 Å². The topological polar surface area (TPSA) is 37.4 Å². The predicted octanol–water partition coefficient (Wildman–Crippen LogP) is 3.01. The van der Waals surface area contributed by atoms with Crippen molar-refractivity contribution in [1.82, 2.24) is 4.31 Å². The summed E-state index contributed by atoms with van der Waals surface area (Å²) in [5, 5.41) is 0. The summed E-state index contributed by atoms with van der Waals surface area (Å²) in [6.45, 7) is 3.85. The highest BCUT2D eigenvalue weighted by Crippen LogP contribution is 2.33. The molecule has 1 aromatic carbocycles. The van der Waals surface area contributed by atoms with Crippen LogP contribution in [-0.4, -0.2) is 24.8 Å². The number of hydrogen-bond donors (Lipinski definition) is 0. The number of halogens is 1. The van der Waals surface area contributed by atoms with Crippen LogP contribution in [0, 0.1) is 0 Å². The third kappa shape index (κ3) is 2.72. The molecule has 0 spiro atoms. The fourth-order valence-electron chi connectivity index (χ4n) is 1.95. The summed E-state index contributed by atoms with van der Waals surface area (Å²) in [5.41, 5.74) is 0. The van der Waals surface area contributed by atoms with Crippen LogP contribution in [0.15, 0.2) is 33.6 Å². The Kier molecular flexibility index (Phi) is 3.61. The molecule has 1 aromatic rings. The minimum Gasteiger partial charge on any atom is -0.207 e. The van der Waals surface area contributed by atoms with E-state index in [2.05, 4.69) is 15.9 Å². The number of benzene rings is 1. The second-order valence-corrected chi connectivity index (χ2v) is 7.37. The highest BCUT2D eigenvalue weighted by molar-refractivity contribution is 9.10. The Balaban J connectivity index is 2.37. The van der Waals surface area contributed by atoms with Gasteiger partial charge in [0.2, 0.25) is 10.0 Å². The molecule has 2 rings (SSSR count). The minimum absolute atomic E-state index is 0.0103. The van der Waals surface area contributed by atoms with Crippen LogP contribution in [0.2, 0.25) is 0 Å². The second-order valence-electron chi connectivity index (χ2n) is 4.61. The molecule has 0 amide bonds. The van der Waals surface area contributed by atoms with Crippen molar-refractivity contribution in [2.45, 2.75) is 43.7 Å². The lowest BCUT2D eigenvalue weighted by molar-refractivity contribution is 0.346. The first kappa shape index (κ1) is 13.1. The van der Waals surface area contributed by atoms with Crippen LogP contribution >= 0.6 is 15.9 Å². The van der Waals surface area contributed by atoms with Crippen LogP contribution in [0.5, 0.6) is 0 Å². The average molecular weight is 318 g/mol. The second kappa shape index (κ2) is 4.71. The van der Waals surface area contributed by atoms with Gasteiger partial charge in [-0.1, -0.05) is 15.9 Å². The quantitative estimate of drug-likeness (QED) is 0.856. The molecule has 0 N–H and O–H groups in total. The van der Waals surface area contributed by atoms with E-state index in [-0.39, 0.29) is 12.1 Å². The molecule has 5 heteroatoms. The zero-order valence-electron chi connectivity index (χ0n) is 9.93. The first-order valence-electron chi connectivity index (χ1n) is 5.72. The molecule has 0 bridgehead atoms. The third-order valence-electron chi connectivity index (χ3n) is 2.80. The average Bonchev–Trinajstić information content (AvgIpc) is 3.01. The van der Waals surface area contributed by atoms with Crippen molar-refractivity contribution in [2.75, 3.05) is 0 Å². The molecular weight excluding hydrogens is 302 g/mol. The molecule has 1 fully saturated rings. The molecule has 94 valence electrons. The maximum absolute atomic E-state index is 12.5. The van der Waals surface area contributed by atoms with Gasteiger partial charge in [-0.2, -0.15) is 4.31 Å². The standard InChI is InChI=1S/C12H16BrNO2S/c1-9(2)14(11-5-6-11)17(15,16)12-7-3-10(13)4-8-12/h3-4,7-9,11H,5-6H2,1-2H3. The molecule has 0 aliphatic heterocycles. The van der Waals surface area contributed by atoms with Gasteiger partial charge in [0.25, 0.3) is 0 Å². The van der Waals surface area contributed by atoms with E-state index in [0.29, 0.717) is 4.90 Å². The Morgan fingerprint density at radius 1 is 1.24 bits per heavy atom. The first-order chi connectivity index (χ1) is 7.93. The summed E-state index contributed by atoms with van der Waals surface area (Å²) in [7, 11) is -3.34. The molecule has 1 saturated carbocycles. The molecule has 0 unspecified atom stereocenters. The predicted molar refractivity (Wildman–Crippen MR) is 71.3 cm³/mol. The molecule has 0 atom stereocenters. The fourth-order valence-corrected chi connectivity index (χ4v) is 4.10. The Bertz CT molecular complexity index is 490. The van der Waals surface area contributed by atoms with Gasteiger partial charge < -0.3 is 0 Å². The van der Waals surface area contributed by atoms with E-state index in [9.17, 15) is 8.42 Å². The number of hydrogen-bond acceptors (Lipinski definition) is 2. The van der Waals surface area contributed by atoms with Crippen molar-refractivity contribution in [3.8, 4) is 0 Å². The van der Waals surface area contributed by atoms with Crippen LogP contribution in [0.1, 0.15) is 26.7 Å². The molecule has 0 radical (unpaired) electrons. The van der Waals surface area contributed by atoms with Crippen LogP contribution in [0.25, 0.3) is 0 Å². The molecule has 3 nitrogen and oxygen atoms in total. The van der Waals surface area contributed by atoms with Crippen LogP contribution in [0.3, 0.4) is 0 Å². The SMILES string of the molecule is CC(C)N(C1CC1)S(=O)(=O)c1ccc(Br)cc1. The molecule has 0 heterocycles. The monoisotopic (exact) mass is 317 g/mol. The Morgan fingerprint density at radius 3 is 2.18 bits per heavy atom. The summed E-state index contributed by atoms with van der Waals surface area (Å²) < 4.78 is 27.5. The third-order valence-corrected chi connectivity index (χ3v) is 5.48. The Hall–Kier alpha value is -0.390. The van der Waals surface area contributed by atoms with Gasteiger partial charge in [0.15, 0.2) is 0 Å². The maximum atomic E-state index is 12.5. The van der Waals surface area contributed by atoms with Gasteiger partial charge >= 0.3 is 0 Å². The van der Waals surface area contributed by atoms with E-state index < -0.39 is 10.0 Å². The van der Waals surface area contributed by atoms with Gasteiger partial charge in [0, 0.05) is 16.6 Å². The highest BCUT2D eigenvalue weighted by atomic mass is 79.9. The van der Waals surface area contributed by atoms with E-state index in [1.54, 1.807) is 28.6 Å². The summed E-state index contributed by atoms with van der Waals surface area (Å²) in [6, 6.07) is 7.03. The van der Waals surface area contributed by atoms with Crippen molar-refractivity contribution in [1.29, 1.82) is 0 Å². The summed E-state index contributed by atoms with van der Waals surface area (Å²) in [4.78, 5) is 0.376. The Morgan fingerprint density at radius 2 is 1.76 bits per heavy atom. The van der Waals surface area contributed by atoms with E-state index in [0.717, 1.165) is 17.3 Å². The fraction of sp³-hybridized carbons (Fsp3) is 0.500. The van der Waals surface area contributed by atoms with Crippen LogP contribution in [0.4, 0.5) is 0 Å². The highest BCUT2D eigenvalue weighted by Gasteiger charge is 2.39. The van der Waals surface area contributed by atoms with E-state index >= 15 is 0 Å². The van der Waals surface area contributed by atoms with E-state index in [1.165, 1.54) is 0 Å². The van der Waals surface area contributed by atoms with Gasteiger partial charge in [0.05, 0.1) is 4.90 Å². The van der Waals surface area contributed by atoms with Crippen molar-refractivity contribution in [3.05, 3.63) is 28.7 Å².